The number of hydrogen-bond acceptors (Lipinski definition) is 3. The van der Waals surface area contributed by atoms with Crippen molar-refractivity contribution in [3.63, 3.8) is 0 Å². The predicted octanol–water partition coefficient (Wildman–Crippen LogP) is 6.06. The van der Waals surface area contributed by atoms with Gasteiger partial charge in [-0.2, -0.15) is 0 Å². The Balaban J connectivity index is 1.89. The molecule has 0 radical (unpaired) electrons. The topological polar surface area (TPSA) is 52.0 Å². The highest BCUT2D eigenvalue weighted by molar-refractivity contribution is 7.90. The molecule has 0 saturated carbocycles. The minimum atomic E-state index is -3.89. The van der Waals surface area contributed by atoms with Crippen LogP contribution in [0.2, 0.25) is 5.02 Å². The maximum absolute atomic E-state index is 13.7. The van der Waals surface area contributed by atoms with Crippen LogP contribution in [0.25, 0.3) is 33.2 Å². The van der Waals surface area contributed by atoms with Crippen molar-refractivity contribution in [2.45, 2.75) is 11.8 Å². The number of hydrogen-bond donors (Lipinski definition) is 0. The normalized spacial score (nSPS) is 11.9. The van der Waals surface area contributed by atoms with Crippen molar-refractivity contribution in [3.8, 4) is 11.4 Å². The van der Waals surface area contributed by atoms with Gasteiger partial charge < -0.3 is 0 Å². The largest absolute Gasteiger partial charge is 0.269 e. The molecule has 5 aromatic rings. The highest BCUT2D eigenvalue weighted by Gasteiger charge is 2.26. The number of halogens is 1. The number of rotatable bonds is 3. The van der Waals surface area contributed by atoms with Crippen LogP contribution in [0.3, 0.4) is 0 Å². The monoisotopic (exact) mass is 432 g/mol. The summed E-state index contributed by atoms with van der Waals surface area (Å²) in [4.78, 5) is 4.91. The Hall–Kier alpha value is -3.15. The van der Waals surface area contributed by atoms with Gasteiger partial charge in [-0.15, -0.1) is 0 Å². The summed E-state index contributed by atoms with van der Waals surface area (Å²) in [5, 5.41) is 2.45. The van der Waals surface area contributed by atoms with E-state index in [2.05, 4.69) is 0 Å². The average molecular weight is 433 g/mol. The Labute approximate surface area is 179 Å². The van der Waals surface area contributed by atoms with Crippen LogP contribution in [-0.2, 0) is 10.0 Å². The van der Waals surface area contributed by atoms with Crippen molar-refractivity contribution in [1.29, 1.82) is 0 Å². The number of benzene rings is 4. The lowest BCUT2D eigenvalue weighted by molar-refractivity contribution is 0.589. The van der Waals surface area contributed by atoms with Crippen LogP contribution in [0.15, 0.2) is 89.8 Å². The molecule has 5 rings (SSSR count). The molecule has 0 N–H and O–H groups in total. The van der Waals surface area contributed by atoms with E-state index < -0.39 is 10.0 Å². The molecule has 0 amide bonds. The van der Waals surface area contributed by atoms with Crippen LogP contribution >= 0.6 is 11.6 Å². The SMILES string of the molecule is Cc1ccc(S(=O)(=O)n2c(-c3cccc4ccccc34)nc3cc(Cl)ccc32)cc1. The first-order valence-electron chi connectivity index (χ1n) is 9.43. The number of nitrogens with zero attached hydrogens (tertiary/aromatic N) is 2. The lowest BCUT2D eigenvalue weighted by Crippen LogP contribution is -2.14. The second-order valence-corrected chi connectivity index (χ2v) is 9.40. The van der Waals surface area contributed by atoms with Gasteiger partial charge in [0.1, 0.15) is 0 Å². The standard InChI is InChI=1S/C24H17ClN2O2S/c1-16-9-12-19(13-10-16)30(28,29)27-23-14-11-18(25)15-22(23)26-24(27)21-8-4-6-17-5-2-3-7-20(17)21/h2-15H,1H3. The van der Waals surface area contributed by atoms with Gasteiger partial charge in [0.25, 0.3) is 10.0 Å². The van der Waals surface area contributed by atoms with Crippen LogP contribution in [0.4, 0.5) is 0 Å². The maximum Gasteiger partial charge on any atom is 0.269 e. The Morgan fingerprint density at radius 1 is 0.867 bits per heavy atom. The van der Waals surface area contributed by atoms with E-state index in [0.717, 1.165) is 21.9 Å². The molecule has 6 heteroatoms. The van der Waals surface area contributed by atoms with E-state index in [1.165, 1.54) is 3.97 Å². The molecule has 0 aliphatic carbocycles. The summed E-state index contributed by atoms with van der Waals surface area (Å²) in [5.41, 5.74) is 2.76. The summed E-state index contributed by atoms with van der Waals surface area (Å²) in [6.07, 6.45) is 0. The molecule has 0 saturated heterocycles. The smallest absolute Gasteiger partial charge is 0.227 e. The van der Waals surface area contributed by atoms with Gasteiger partial charge >= 0.3 is 0 Å². The second kappa shape index (κ2) is 6.97. The summed E-state index contributed by atoms with van der Waals surface area (Å²) in [6, 6.07) is 25.6. The quantitative estimate of drug-likeness (QED) is 0.348. The first-order valence-corrected chi connectivity index (χ1v) is 11.3. The third-order valence-electron chi connectivity index (χ3n) is 5.16. The van der Waals surface area contributed by atoms with Gasteiger partial charge in [0.2, 0.25) is 0 Å². The lowest BCUT2D eigenvalue weighted by atomic mass is 10.0. The fourth-order valence-corrected chi connectivity index (χ4v) is 5.32. The average Bonchev–Trinajstić information content (AvgIpc) is 3.12. The van der Waals surface area contributed by atoms with Crippen molar-refractivity contribution in [2.24, 2.45) is 0 Å². The van der Waals surface area contributed by atoms with Crippen molar-refractivity contribution < 1.29 is 8.42 Å². The molecular formula is C24H17ClN2O2S. The van der Waals surface area contributed by atoms with Crippen molar-refractivity contribution >= 4 is 43.4 Å². The van der Waals surface area contributed by atoms with Gasteiger partial charge in [-0.3, -0.25) is 0 Å². The Kier molecular flexibility index (Phi) is 4.38. The van der Waals surface area contributed by atoms with Crippen LogP contribution in [0, 0.1) is 6.92 Å². The summed E-state index contributed by atoms with van der Waals surface area (Å²) in [5.74, 6) is 0.365. The Morgan fingerprint density at radius 2 is 1.60 bits per heavy atom. The lowest BCUT2D eigenvalue weighted by Gasteiger charge is -2.12. The van der Waals surface area contributed by atoms with Crippen molar-refractivity contribution in [2.75, 3.05) is 0 Å². The van der Waals surface area contributed by atoms with E-state index in [-0.39, 0.29) is 4.90 Å². The summed E-state index contributed by atoms with van der Waals surface area (Å²) in [6.45, 7) is 1.92. The zero-order chi connectivity index (χ0) is 20.9. The molecule has 148 valence electrons. The molecule has 4 nitrogen and oxygen atoms in total. The van der Waals surface area contributed by atoms with Gasteiger partial charge in [0, 0.05) is 10.6 Å². The number of aryl methyl sites for hydroxylation is 1. The molecule has 0 atom stereocenters. The van der Waals surface area contributed by atoms with Crippen molar-refractivity contribution in [3.05, 3.63) is 95.5 Å². The van der Waals surface area contributed by atoms with Gasteiger partial charge in [-0.05, 0) is 48.0 Å². The van der Waals surface area contributed by atoms with E-state index >= 15 is 0 Å². The van der Waals surface area contributed by atoms with E-state index in [1.807, 2.05) is 49.4 Å². The van der Waals surface area contributed by atoms with Gasteiger partial charge in [0.15, 0.2) is 5.82 Å². The predicted molar refractivity (Wildman–Crippen MR) is 121 cm³/mol. The van der Waals surface area contributed by atoms with E-state index in [1.54, 1.807) is 42.5 Å². The fraction of sp³-hybridized carbons (Fsp3) is 0.0417. The van der Waals surface area contributed by atoms with E-state index in [4.69, 9.17) is 16.6 Å². The maximum atomic E-state index is 13.7. The summed E-state index contributed by atoms with van der Waals surface area (Å²) < 4.78 is 28.8. The van der Waals surface area contributed by atoms with Crippen LogP contribution in [0.1, 0.15) is 5.56 Å². The molecule has 0 unspecified atom stereocenters. The van der Waals surface area contributed by atoms with Crippen LogP contribution < -0.4 is 0 Å². The summed E-state index contributed by atoms with van der Waals surface area (Å²) >= 11 is 6.17. The summed E-state index contributed by atoms with van der Waals surface area (Å²) in [7, 11) is -3.89. The second-order valence-electron chi connectivity index (χ2n) is 7.18. The Bertz CT molecular complexity index is 1520. The van der Waals surface area contributed by atoms with Crippen molar-refractivity contribution in [1.82, 2.24) is 8.96 Å². The highest BCUT2D eigenvalue weighted by Crippen LogP contribution is 2.34. The third-order valence-corrected chi connectivity index (χ3v) is 7.12. The molecule has 0 aliphatic heterocycles. The zero-order valence-corrected chi connectivity index (χ0v) is 17.7. The van der Waals surface area contributed by atoms with Gasteiger partial charge in [0.05, 0.1) is 15.9 Å². The van der Waals surface area contributed by atoms with E-state index in [9.17, 15) is 8.42 Å². The first kappa shape index (κ1) is 18.9. The van der Waals surface area contributed by atoms with Gasteiger partial charge in [-0.25, -0.2) is 17.4 Å². The zero-order valence-electron chi connectivity index (χ0n) is 16.1. The highest BCUT2D eigenvalue weighted by atomic mass is 35.5. The molecule has 0 fully saturated rings. The first-order chi connectivity index (χ1) is 14.4. The van der Waals surface area contributed by atoms with Crippen LogP contribution in [0.5, 0.6) is 0 Å². The minimum Gasteiger partial charge on any atom is -0.227 e. The molecule has 30 heavy (non-hydrogen) atoms. The molecule has 0 bridgehead atoms. The number of aromatic nitrogens is 2. The Morgan fingerprint density at radius 3 is 2.40 bits per heavy atom. The number of fused-ring (bicyclic) bond motifs is 2. The van der Waals surface area contributed by atoms with Gasteiger partial charge in [-0.1, -0.05) is 71.8 Å². The number of imidazole rings is 1. The molecule has 0 spiro atoms. The molecule has 1 aromatic heterocycles. The van der Waals surface area contributed by atoms with Crippen LogP contribution in [-0.4, -0.2) is 17.4 Å². The fourth-order valence-electron chi connectivity index (χ4n) is 3.68. The molecule has 4 aromatic carbocycles. The molecule has 1 heterocycles. The molecule has 0 aliphatic rings. The molecular weight excluding hydrogens is 416 g/mol. The van der Waals surface area contributed by atoms with E-state index in [0.29, 0.717) is 21.9 Å². The minimum absolute atomic E-state index is 0.212. The third kappa shape index (κ3) is 2.98.